The molecule has 16 N–H and O–H groups in total. The molecule has 0 radical (unpaired) electrons. The van der Waals surface area contributed by atoms with Crippen LogP contribution in [-0.2, 0) is 43.2 Å². The second kappa shape index (κ2) is 35.9. The maximum atomic E-state index is 14.1. The van der Waals surface area contributed by atoms with Gasteiger partial charge in [0, 0.05) is 52.1 Å². The summed E-state index contributed by atoms with van der Waals surface area (Å²) in [6.07, 6.45) is 5.74. The summed E-state index contributed by atoms with van der Waals surface area (Å²) in [5, 5.41) is 84.9. The van der Waals surface area contributed by atoms with Gasteiger partial charge in [0.15, 0.2) is 12.1 Å². The molecule has 27 heteroatoms. The lowest BCUT2D eigenvalue weighted by Gasteiger charge is -2.33. The number of amides is 7. The molecule has 1 aliphatic rings. The van der Waals surface area contributed by atoms with Gasteiger partial charge in [-0.1, -0.05) is 71.8 Å². The van der Waals surface area contributed by atoms with Crippen molar-refractivity contribution in [3.8, 4) is 0 Å². The Labute approximate surface area is 438 Å². The Morgan fingerprint density at radius 1 is 0.693 bits per heavy atom. The topological polar surface area (TPSA) is 430 Å². The van der Waals surface area contributed by atoms with E-state index in [1.54, 1.807) is 0 Å². The number of hydrogen-bond donors (Lipinski definition) is 14. The molecular formula is C48H85N11O16. The lowest BCUT2D eigenvalue weighted by atomic mass is 9.93. The van der Waals surface area contributed by atoms with Crippen LogP contribution in [0.15, 0.2) is 17.3 Å². The minimum atomic E-state index is -2.61. The van der Waals surface area contributed by atoms with Crippen molar-refractivity contribution < 1.29 is 79.1 Å². The predicted molar refractivity (Wildman–Crippen MR) is 271 cm³/mol. The van der Waals surface area contributed by atoms with E-state index in [-0.39, 0.29) is 95.1 Å². The SMILES string of the molecule is C=C(NC(CCCN(O)C(C)=O)C(=O)NC(CCCN(O)C(C)=O)C(=O)O)C1CCCN1C(=O)C(CO)NC(=O)C(NC(=O)C(C)C(O)C(CCCN=C(N)N)NC(=O)CCCCCCCCCCC)C(O)C(=O)O. The third-order valence-electron chi connectivity index (χ3n) is 12.8. The second-order valence-corrected chi connectivity index (χ2v) is 18.9. The van der Waals surface area contributed by atoms with Crippen LogP contribution in [0.25, 0.3) is 0 Å². The molecule has 428 valence electrons. The summed E-state index contributed by atoms with van der Waals surface area (Å²) >= 11 is 0. The molecule has 27 nitrogen and oxygen atoms in total. The fourth-order valence-corrected chi connectivity index (χ4v) is 8.31. The third-order valence-corrected chi connectivity index (χ3v) is 12.8. The number of guanidine groups is 1. The van der Waals surface area contributed by atoms with E-state index in [9.17, 15) is 79.1 Å². The normalized spacial score (nSPS) is 16.3. The summed E-state index contributed by atoms with van der Waals surface area (Å²) < 4.78 is 0. The standard InChI is InChI=1S/C48H85N11O16/c1-6-7-8-9-10-11-12-13-14-23-38(63)53-33(19-15-24-51-48(49)50)40(64)29(2)42(66)56-39(41(65)47(72)73)44(68)55-36(28-60)45(69)57-25-18-22-37(57)30(3)52-34(20-16-26-58(74)31(4)61)43(67)54-35(46(70)71)21-17-27-59(75)32(5)62/h29,33-37,39-41,52,60,64-65,74-75H,3,6-28H2,1-2,4-5H3,(H,53,63)(H,54,67)(H,55,68)(H,56,66)(H,70,71)(H,72,73)(H4,49,50,51). The largest absolute Gasteiger partial charge is 0.480 e. The summed E-state index contributed by atoms with van der Waals surface area (Å²) in [4.78, 5) is 120. The van der Waals surface area contributed by atoms with Crippen LogP contribution in [0, 0.1) is 5.92 Å². The zero-order chi connectivity index (χ0) is 56.8. The van der Waals surface area contributed by atoms with Crippen LogP contribution in [0.2, 0.25) is 0 Å². The van der Waals surface area contributed by atoms with Gasteiger partial charge in [0.2, 0.25) is 41.4 Å². The van der Waals surface area contributed by atoms with Crippen molar-refractivity contribution >= 4 is 59.2 Å². The number of carbonyl (C=O) groups is 9. The molecule has 0 aliphatic carbocycles. The highest BCUT2D eigenvalue weighted by Gasteiger charge is 2.41. The van der Waals surface area contributed by atoms with E-state index < -0.39 is 108 Å². The number of carboxylic acid groups (broad SMARTS) is 2. The van der Waals surface area contributed by atoms with Crippen LogP contribution in [0.3, 0.4) is 0 Å². The van der Waals surface area contributed by atoms with Crippen molar-refractivity contribution in [1.29, 1.82) is 0 Å². The average Bonchev–Trinajstić information content (AvgIpc) is 3.86. The van der Waals surface area contributed by atoms with Crippen molar-refractivity contribution in [2.45, 2.75) is 192 Å². The van der Waals surface area contributed by atoms with Crippen LogP contribution >= 0.6 is 0 Å². The Morgan fingerprint density at radius 3 is 1.76 bits per heavy atom. The average molecular weight is 1070 g/mol. The molecule has 1 rings (SSSR count). The van der Waals surface area contributed by atoms with Crippen LogP contribution in [0.5, 0.6) is 0 Å². The number of unbranched alkanes of at least 4 members (excludes halogenated alkanes) is 8. The van der Waals surface area contributed by atoms with Gasteiger partial charge in [-0.2, -0.15) is 0 Å². The van der Waals surface area contributed by atoms with Crippen molar-refractivity contribution in [1.82, 2.24) is 41.6 Å². The summed E-state index contributed by atoms with van der Waals surface area (Å²) in [6.45, 7) is 8.23. The Bertz CT molecular complexity index is 1910. The molecule has 0 spiro atoms. The smallest absolute Gasteiger partial charge is 0.335 e. The second-order valence-electron chi connectivity index (χ2n) is 18.9. The van der Waals surface area contributed by atoms with E-state index in [2.05, 4.69) is 45.1 Å². The van der Waals surface area contributed by atoms with Gasteiger partial charge in [0.25, 0.3) is 0 Å². The molecule has 0 bridgehead atoms. The number of nitrogens with one attached hydrogen (secondary N) is 5. The lowest BCUT2D eigenvalue weighted by Crippen LogP contribution is -2.62. The molecule has 1 heterocycles. The van der Waals surface area contributed by atoms with Crippen LogP contribution in [-0.4, -0.2) is 191 Å². The van der Waals surface area contributed by atoms with Gasteiger partial charge in [0.1, 0.15) is 24.2 Å². The summed E-state index contributed by atoms with van der Waals surface area (Å²) in [5.41, 5.74) is 10.9. The highest BCUT2D eigenvalue weighted by molar-refractivity contribution is 5.96. The maximum absolute atomic E-state index is 14.1. The highest BCUT2D eigenvalue weighted by Crippen LogP contribution is 2.24. The first kappa shape index (κ1) is 66.9. The Balaban J connectivity index is 3.24. The quantitative estimate of drug-likeness (QED) is 0.0114. The van der Waals surface area contributed by atoms with Gasteiger partial charge >= 0.3 is 11.9 Å². The first-order valence-electron chi connectivity index (χ1n) is 25.8. The number of aliphatic hydroxyl groups is 3. The predicted octanol–water partition coefficient (Wildman–Crippen LogP) is -1.08. The lowest BCUT2D eigenvalue weighted by molar-refractivity contribution is -0.163. The van der Waals surface area contributed by atoms with E-state index in [1.807, 2.05) is 0 Å². The number of carbonyl (C=O) groups excluding carboxylic acids is 7. The van der Waals surface area contributed by atoms with Gasteiger partial charge in [-0.15, -0.1) is 0 Å². The number of nitrogens with two attached hydrogens (primary N) is 2. The number of aliphatic carboxylic acids is 2. The van der Waals surface area contributed by atoms with Crippen molar-refractivity contribution in [3.63, 3.8) is 0 Å². The van der Waals surface area contributed by atoms with Crippen LogP contribution in [0.1, 0.15) is 143 Å². The molecule has 75 heavy (non-hydrogen) atoms. The molecule has 9 unspecified atom stereocenters. The number of aliphatic hydroxyl groups excluding tert-OH is 3. The van der Waals surface area contributed by atoms with Gasteiger partial charge in [-0.3, -0.25) is 49.0 Å². The van der Waals surface area contributed by atoms with Gasteiger partial charge in [-0.25, -0.2) is 19.7 Å². The number of nitrogens with zero attached hydrogens (tertiary/aromatic N) is 4. The monoisotopic (exact) mass is 1070 g/mol. The molecule has 0 aromatic rings. The first-order chi connectivity index (χ1) is 35.4. The molecule has 1 fully saturated rings. The van der Waals surface area contributed by atoms with Crippen molar-refractivity contribution in [3.05, 3.63) is 12.3 Å². The summed E-state index contributed by atoms with van der Waals surface area (Å²) in [7, 11) is 0. The Morgan fingerprint density at radius 2 is 1.24 bits per heavy atom. The van der Waals surface area contributed by atoms with Gasteiger partial charge < -0.3 is 68.5 Å². The molecule has 9 atom stereocenters. The number of carboxylic acids is 2. The van der Waals surface area contributed by atoms with Gasteiger partial charge in [-0.05, 0) is 57.8 Å². The fourth-order valence-electron chi connectivity index (χ4n) is 8.31. The van der Waals surface area contributed by atoms with E-state index in [1.165, 1.54) is 24.7 Å². The van der Waals surface area contributed by atoms with E-state index >= 15 is 0 Å². The van der Waals surface area contributed by atoms with Gasteiger partial charge in [0.05, 0.1) is 30.7 Å². The Kier molecular flexibility index (Phi) is 32.0. The molecule has 1 saturated heterocycles. The molecule has 0 aromatic carbocycles. The van der Waals surface area contributed by atoms with E-state index in [0.717, 1.165) is 52.4 Å². The number of rotatable bonds is 39. The van der Waals surface area contributed by atoms with E-state index in [0.29, 0.717) is 23.0 Å². The highest BCUT2D eigenvalue weighted by atomic mass is 16.5. The summed E-state index contributed by atoms with van der Waals surface area (Å²) in [6, 6.07) is -8.82. The third kappa shape index (κ3) is 25.3. The first-order valence-corrected chi connectivity index (χ1v) is 25.8. The Hall–Kier alpha value is -6.16. The number of aliphatic imine (C=N–C) groups is 1. The molecular weight excluding hydrogens is 987 g/mol. The zero-order valence-corrected chi connectivity index (χ0v) is 43.9. The number of hydrogen-bond acceptors (Lipinski definition) is 16. The maximum Gasteiger partial charge on any atom is 0.335 e. The fraction of sp³-hybridized carbons (Fsp3) is 0.750. The minimum Gasteiger partial charge on any atom is -0.480 e. The minimum absolute atomic E-state index is 0.00508. The zero-order valence-electron chi connectivity index (χ0n) is 43.9. The molecule has 0 aromatic heterocycles. The summed E-state index contributed by atoms with van der Waals surface area (Å²) in [5.74, 6) is -11.1. The van der Waals surface area contributed by atoms with Crippen LogP contribution in [0.4, 0.5) is 0 Å². The molecule has 7 amide bonds. The number of likely N-dealkylation sites (tertiary alicyclic amines) is 1. The van der Waals surface area contributed by atoms with Crippen molar-refractivity contribution in [2.75, 3.05) is 32.8 Å². The van der Waals surface area contributed by atoms with Crippen molar-refractivity contribution in [2.24, 2.45) is 22.4 Å². The molecule has 0 saturated carbocycles. The number of hydroxylamine groups is 4. The van der Waals surface area contributed by atoms with E-state index in [4.69, 9.17) is 11.5 Å². The van der Waals surface area contributed by atoms with Crippen LogP contribution < -0.4 is 38.1 Å². The molecule has 1 aliphatic heterocycles.